The molecule has 9 aromatic carbocycles. The summed E-state index contributed by atoms with van der Waals surface area (Å²) in [6, 6.07) is 80.9. The van der Waals surface area contributed by atoms with E-state index < -0.39 is 0 Å². The second kappa shape index (κ2) is 16.5. The van der Waals surface area contributed by atoms with Gasteiger partial charge >= 0.3 is 0 Å². The number of hydrogen-bond acceptors (Lipinski definition) is 6. The number of nitrogens with zero attached hydrogens (tertiary/aromatic N) is 6. The van der Waals surface area contributed by atoms with Gasteiger partial charge in [-0.2, -0.15) is 0 Å². The quantitative estimate of drug-likeness (QED) is 0.151. The SMILES string of the molecule is c1ccc(-c2nc(-c3ccccc3)nc(-c3cccc(-c4ccc5c(c4)C4c6ccccc6C5c5cc(-c6cccc(-c7nc(-c8ccccc8)nc(-c8ccccc8)n7)c6)ccc54)c3)n2)cc1. The Morgan fingerprint density at radius 3 is 0.765 bits per heavy atom. The van der Waals surface area contributed by atoms with Gasteiger partial charge in [-0.15, -0.1) is 0 Å². The molecule has 6 nitrogen and oxygen atoms in total. The Kier molecular flexibility index (Phi) is 9.53. The molecule has 3 aliphatic carbocycles. The van der Waals surface area contributed by atoms with Crippen LogP contribution < -0.4 is 0 Å². The topological polar surface area (TPSA) is 77.3 Å². The van der Waals surface area contributed by atoms with Gasteiger partial charge in [-0.1, -0.05) is 206 Å². The van der Waals surface area contributed by atoms with Gasteiger partial charge in [0.05, 0.1) is 0 Å². The molecule has 0 spiro atoms. The first-order chi connectivity index (χ1) is 33.7. The lowest BCUT2D eigenvalue weighted by atomic mass is 9.60. The fourth-order valence-corrected chi connectivity index (χ4v) is 10.1. The summed E-state index contributed by atoms with van der Waals surface area (Å²) in [5.41, 5.74) is 18.4. The first-order valence-electron chi connectivity index (χ1n) is 23.0. The van der Waals surface area contributed by atoms with Crippen molar-refractivity contribution in [2.24, 2.45) is 0 Å². The van der Waals surface area contributed by atoms with Crippen LogP contribution in [0.25, 0.3) is 90.6 Å². The van der Waals surface area contributed by atoms with E-state index in [1.807, 2.05) is 121 Å². The van der Waals surface area contributed by atoms with Gasteiger partial charge in [0.15, 0.2) is 34.9 Å². The summed E-state index contributed by atoms with van der Waals surface area (Å²) >= 11 is 0. The fourth-order valence-electron chi connectivity index (χ4n) is 10.1. The van der Waals surface area contributed by atoms with Crippen molar-refractivity contribution in [1.82, 2.24) is 29.9 Å². The Bertz CT molecular complexity index is 3330. The van der Waals surface area contributed by atoms with Crippen LogP contribution in [0.4, 0.5) is 0 Å². The van der Waals surface area contributed by atoms with Crippen LogP contribution in [0.2, 0.25) is 0 Å². The summed E-state index contributed by atoms with van der Waals surface area (Å²) in [5, 5.41) is 0. The van der Waals surface area contributed by atoms with E-state index in [4.69, 9.17) is 29.9 Å². The number of aromatic nitrogens is 6. The van der Waals surface area contributed by atoms with Crippen molar-refractivity contribution < 1.29 is 0 Å². The molecule has 2 unspecified atom stereocenters. The van der Waals surface area contributed by atoms with Gasteiger partial charge in [0.1, 0.15) is 0 Å². The van der Waals surface area contributed by atoms with Gasteiger partial charge in [-0.05, 0) is 79.9 Å². The molecular weight excluding hydrogens is 829 g/mol. The van der Waals surface area contributed by atoms with Crippen LogP contribution in [0.3, 0.4) is 0 Å². The van der Waals surface area contributed by atoms with Crippen LogP contribution in [0.5, 0.6) is 0 Å². The summed E-state index contributed by atoms with van der Waals surface area (Å²) in [5.74, 6) is 4.09. The molecular formula is C62H40N6. The lowest BCUT2D eigenvalue weighted by Gasteiger charge is -2.42. The van der Waals surface area contributed by atoms with Gasteiger partial charge in [-0.25, -0.2) is 29.9 Å². The minimum atomic E-state index is 0.105. The predicted octanol–water partition coefficient (Wildman–Crippen LogP) is 14.4. The molecule has 2 bridgehead atoms. The van der Waals surface area contributed by atoms with E-state index in [2.05, 4.69) is 109 Å². The number of benzene rings is 9. The van der Waals surface area contributed by atoms with Gasteiger partial charge in [0.25, 0.3) is 0 Å². The molecule has 0 radical (unpaired) electrons. The summed E-state index contributed by atoms with van der Waals surface area (Å²) in [6.07, 6.45) is 0. The summed E-state index contributed by atoms with van der Waals surface area (Å²) in [6.45, 7) is 0. The second-order valence-corrected chi connectivity index (χ2v) is 17.4. The van der Waals surface area contributed by atoms with E-state index in [0.29, 0.717) is 34.9 Å². The standard InChI is InChI=1S/C62H40N6/c1-5-17-39(18-6-1)57-63-58(40-19-7-2-8-20-40)66-61(65-57)47-27-15-25-43(35-47)45-31-33-51-53(37-45)55-49-29-13-14-30-50(49)56(51)54-38-46(32-34-52(54)55)44-26-16-28-48(36-44)62-67-59(41-21-9-3-10-22-41)64-60(68-62)42-23-11-4-12-24-42/h1-38,55-56H. The lowest BCUT2D eigenvalue weighted by molar-refractivity contribution is 0.755. The average molecular weight is 869 g/mol. The Labute approximate surface area is 394 Å². The molecule has 3 aliphatic rings. The molecule has 2 heterocycles. The van der Waals surface area contributed by atoms with Gasteiger partial charge in [0.2, 0.25) is 0 Å². The van der Waals surface area contributed by atoms with Crippen molar-refractivity contribution in [2.45, 2.75) is 11.8 Å². The molecule has 0 fully saturated rings. The Balaban J connectivity index is 0.867. The third-order valence-corrected chi connectivity index (χ3v) is 13.3. The van der Waals surface area contributed by atoms with Crippen molar-refractivity contribution >= 4 is 0 Å². The van der Waals surface area contributed by atoms with Crippen LogP contribution in [0, 0.1) is 0 Å². The smallest absolute Gasteiger partial charge is 0.164 e. The molecule has 68 heavy (non-hydrogen) atoms. The van der Waals surface area contributed by atoms with E-state index in [1.165, 1.54) is 33.4 Å². The lowest BCUT2D eigenvalue weighted by Crippen LogP contribution is -2.27. The van der Waals surface area contributed by atoms with Crippen LogP contribution in [-0.2, 0) is 0 Å². The van der Waals surface area contributed by atoms with E-state index in [0.717, 1.165) is 55.6 Å². The summed E-state index contributed by atoms with van der Waals surface area (Å²) in [7, 11) is 0. The molecule has 2 aromatic heterocycles. The Hall–Kier alpha value is -9.00. The van der Waals surface area contributed by atoms with Crippen molar-refractivity contribution in [2.75, 3.05) is 0 Å². The largest absolute Gasteiger partial charge is 0.208 e. The molecule has 14 rings (SSSR count). The monoisotopic (exact) mass is 868 g/mol. The van der Waals surface area contributed by atoms with Crippen molar-refractivity contribution in [3.05, 3.63) is 264 Å². The number of hydrogen-bond donors (Lipinski definition) is 0. The third-order valence-electron chi connectivity index (χ3n) is 13.3. The highest BCUT2D eigenvalue weighted by Crippen LogP contribution is 2.56. The molecule has 11 aromatic rings. The van der Waals surface area contributed by atoms with Crippen molar-refractivity contribution in [3.63, 3.8) is 0 Å². The average Bonchev–Trinajstić information content (AvgIpc) is 3.43. The second-order valence-electron chi connectivity index (χ2n) is 17.4. The van der Waals surface area contributed by atoms with Crippen LogP contribution in [0.15, 0.2) is 231 Å². The third kappa shape index (κ3) is 6.98. The Morgan fingerprint density at radius 2 is 0.426 bits per heavy atom. The van der Waals surface area contributed by atoms with Gasteiger partial charge in [-0.3, -0.25) is 0 Å². The minimum absolute atomic E-state index is 0.105. The molecule has 0 aliphatic heterocycles. The summed E-state index contributed by atoms with van der Waals surface area (Å²) in [4.78, 5) is 30.0. The Morgan fingerprint density at radius 1 is 0.176 bits per heavy atom. The van der Waals surface area contributed by atoms with E-state index >= 15 is 0 Å². The molecule has 6 heteroatoms. The van der Waals surface area contributed by atoms with Gasteiger partial charge in [0, 0.05) is 45.2 Å². The first-order valence-corrected chi connectivity index (χ1v) is 23.0. The first kappa shape index (κ1) is 39.4. The van der Waals surface area contributed by atoms with Gasteiger partial charge < -0.3 is 0 Å². The maximum absolute atomic E-state index is 5.03. The highest BCUT2D eigenvalue weighted by atomic mass is 15.0. The molecule has 0 N–H and O–H groups in total. The molecule has 0 amide bonds. The van der Waals surface area contributed by atoms with E-state index in [1.54, 1.807) is 0 Å². The normalized spacial score (nSPS) is 14.2. The van der Waals surface area contributed by atoms with Crippen LogP contribution in [0.1, 0.15) is 45.2 Å². The fraction of sp³-hybridized carbons (Fsp3) is 0.0323. The van der Waals surface area contributed by atoms with Crippen molar-refractivity contribution in [3.8, 4) is 90.6 Å². The molecule has 318 valence electrons. The van der Waals surface area contributed by atoms with E-state index in [-0.39, 0.29) is 11.8 Å². The maximum atomic E-state index is 5.03. The van der Waals surface area contributed by atoms with Crippen molar-refractivity contribution in [1.29, 1.82) is 0 Å². The minimum Gasteiger partial charge on any atom is -0.208 e. The molecule has 0 saturated heterocycles. The predicted molar refractivity (Wildman–Crippen MR) is 271 cm³/mol. The highest BCUT2D eigenvalue weighted by molar-refractivity contribution is 5.79. The molecule has 0 saturated carbocycles. The zero-order valence-electron chi connectivity index (χ0n) is 36.8. The zero-order chi connectivity index (χ0) is 45.0. The molecule has 2 atom stereocenters. The zero-order valence-corrected chi connectivity index (χ0v) is 36.8. The highest BCUT2D eigenvalue weighted by Gasteiger charge is 2.41. The van der Waals surface area contributed by atoms with Crippen LogP contribution in [-0.4, -0.2) is 29.9 Å². The summed E-state index contributed by atoms with van der Waals surface area (Å²) < 4.78 is 0. The maximum Gasteiger partial charge on any atom is 0.164 e. The van der Waals surface area contributed by atoms with E-state index in [9.17, 15) is 0 Å². The number of rotatable bonds is 8. The van der Waals surface area contributed by atoms with Crippen LogP contribution >= 0.6 is 0 Å².